The molecule has 1 aromatic carbocycles. The van der Waals surface area contributed by atoms with Gasteiger partial charge in [0, 0.05) is 12.5 Å². The van der Waals surface area contributed by atoms with E-state index >= 15 is 0 Å². The summed E-state index contributed by atoms with van der Waals surface area (Å²) in [5.41, 5.74) is 3.14. The summed E-state index contributed by atoms with van der Waals surface area (Å²) in [6, 6.07) is 8.43. The predicted octanol–water partition coefficient (Wildman–Crippen LogP) is 3.63. The Kier molecular flexibility index (Phi) is 3.86. The molecule has 1 aliphatic rings. The lowest BCUT2D eigenvalue weighted by molar-refractivity contribution is 0.587. The summed E-state index contributed by atoms with van der Waals surface area (Å²) in [6.45, 7) is 4.48. The van der Waals surface area contributed by atoms with Gasteiger partial charge in [-0.05, 0) is 37.3 Å². The number of hydrogen-bond acceptors (Lipinski definition) is 3. The average molecular weight is 285 g/mol. The molecule has 0 spiro atoms. The highest BCUT2D eigenvalue weighted by Gasteiger charge is 2.26. The first-order valence-electron chi connectivity index (χ1n) is 7.53. The van der Waals surface area contributed by atoms with E-state index in [0.717, 1.165) is 31.6 Å². The van der Waals surface area contributed by atoms with Crippen molar-refractivity contribution >= 4 is 5.82 Å². The van der Waals surface area contributed by atoms with E-state index in [4.69, 9.17) is 0 Å². The number of fused-ring (bicyclic) bond motifs is 1. The van der Waals surface area contributed by atoms with E-state index in [9.17, 15) is 4.39 Å². The standard InChI is InChI=1S/C17H20FN3/c1-3-8-19-17-15(18)11(2)20-16(21-17)14-9-12-6-4-5-7-13(12)10-14/h4-7,14H,3,8-10H2,1-2H3,(H,19,20,21). The summed E-state index contributed by atoms with van der Waals surface area (Å²) in [5, 5.41) is 3.06. The van der Waals surface area contributed by atoms with E-state index in [1.807, 2.05) is 6.92 Å². The van der Waals surface area contributed by atoms with Gasteiger partial charge in [-0.1, -0.05) is 31.2 Å². The van der Waals surface area contributed by atoms with Gasteiger partial charge in [0.05, 0.1) is 5.69 Å². The molecule has 1 heterocycles. The van der Waals surface area contributed by atoms with Gasteiger partial charge in [0.1, 0.15) is 5.82 Å². The first-order valence-corrected chi connectivity index (χ1v) is 7.53. The molecule has 0 unspecified atom stereocenters. The monoisotopic (exact) mass is 285 g/mol. The van der Waals surface area contributed by atoms with Crippen molar-refractivity contribution < 1.29 is 4.39 Å². The molecule has 1 aromatic heterocycles. The van der Waals surface area contributed by atoms with Gasteiger partial charge in [0.25, 0.3) is 0 Å². The lowest BCUT2D eigenvalue weighted by atomic mass is 10.1. The van der Waals surface area contributed by atoms with Crippen LogP contribution in [-0.2, 0) is 12.8 Å². The van der Waals surface area contributed by atoms with Crippen LogP contribution >= 0.6 is 0 Å². The number of aromatic nitrogens is 2. The van der Waals surface area contributed by atoms with Crippen LogP contribution in [0.3, 0.4) is 0 Å². The highest BCUT2D eigenvalue weighted by molar-refractivity contribution is 5.40. The number of aryl methyl sites for hydroxylation is 1. The molecule has 0 amide bonds. The minimum atomic E-state index is -0.331. The molecule has 21 heavy (non-hydrogen) atoms. The van der Waals surface area contributed by atoms with Crippen molar-refractivity contribution in [2.45, 2.75) is 39.0 Å². The zero-order valence-corrected chi connectivity index (χ0v) is 12.5. The molecule has 0 saturated carbocycles. The smallest absolute Gasteiger partial charge is 0.186 e. The molecular weight excluding hydrogens is 265 g/mol. The zero-order chi connectivity index (χ0) is 14.8. The molecule has 0 fully saturated rings. The van der Waals surface area contributed by atoms with Crippen molar-refractivity contribution in [1.82, 2.24) is 9.97 Å². The van der Waals surface area contributed by atoms with Gasteiger partial charge in [-0.3, -0.25) is 0 Å². The van der Waals surface area contributed by atoms with Crippen molar-refractivity contribution in [3.05, 3.63) is 52.7 Å². The number of nitrogens with one attached hydrogen (secondary N) is 1. The number of rotatable bonds is 4. The summed E-state index contributed by atoms with van der Waals surface area (Å²) in [5.74, 6) is 1.02. The Morgan fingerprint density at radius 3 is 2.48 bits per heavy atom. The number of benzene rings is 1. The minimum Gasteiger partial charge on any atom is -0.368 e. The van der Waals surface area contributed by atoms with Crippen molar-refractivity contribution in [1.29, 1.82) is 0 Å². The van der Waals surface area contributed by atoms with Crippen molar-refractivity contribution in [3.63, 3.8) is 0 Å². The SMILES string of the molecule is CCCNc1nc(C2Cc3ccccc3C2)nc(C)c1F. The topological polar surface area (TPSA) is 37.8 Å². The quantitative estimate of drug-likeness (QED) is 0.932. The van der Waals surface area contributed by atoms with Crippen LogP contribution in [-0.4, -0.2) is 16.5 Å². The number of hydrogen-bond donors (Lipinski definition) is 1. The summed E-state index contributed by atoms with van der Waals surface area (Å²) < 4.78 is 14.1. The fourth-order valence-electron chi connectivity index (χ4n) is 2.87. The van der Waals surface area contributed by atoms with Crippen LogP contribution in [0.2, 0.25) is 0 Å². The maximum atomic E-state index is 14.1. The number of nitrogens with zero attached hydrogens (tertiary/aromatic N) is 2. The molecule has 3 nitrogen and oxygen atoms in total. The Labute approximate surface area is 124 Å². The highest BCUT2D eigenvalue weighted by atomic mass is 19.1. The van der Waals surface area contributed by atoms with E-state index in [2.05, 4.69) is 39.6 Å². The predicted molar refractivity (Wildman–Crippen MR) is 82.1 cm³/mol. The molecule has 0 radical (unpaired) electrons. The fourth-order valence-corrected chi connectivity index (χ4v) is 2.87. The summed E-state index contributed by atoms with van der Waals surface area (Å²) in [4.78, 5) is 8.82. The third-order valence-corrected chi connectivity index (χ3v) is 3.99. The van der Waals surface area contributed by atoms with Crippen LogP contribution in [0, 0.1) is 12.7 Å². The lowest BCUT2D eigenvalue weighted by Gasteiger charge is -2.13. The van der Waals surface area contributed by atoms with E-state index in [1.54, 1.807) is 6.92 Å². The van der Waals surface area contributed by atoms with Gasteiger partial charge >= 0.3 is 0 Å². The van der Waals surface area contributed by atoms with Crippen LogP contribution < -0.4 is 5.32 Å². The zero-order valence-electron chi connectivity index (χ0n) is 12.5. The highest BCUT2D eigenvalue weighted by Crippen LogP contribution is 2.33. The van der Waals surface area contributed by atoms with Crippen molar-refractivity contribution in [2.75, 3.05) is 11.9 Å². The van der Waals surface area contributed by atoms with Gasteiger partial charge < -0.3 is 5.32 Å². The molecule has 1 N–H and O–H groups in total. The van der Waals surface area contributed by atoms with Crippen LogP contribution in [0.1, 0.15) is 41.9 Å². The summed E-state index contributed by atoms with van der Waals surface area (Å²) in [6.07, 6.45) is 2.82. The van der Waals surface area contributed by atoms with Crippen LogP contribution in [0.5, 0.6) is 0 Å². The Balaban J connectivity index is 1.88. The molecule has 0 bridgehead atoms. The Morgan fingerprint density at radius 1 is 1.19 bits per heavy atom. The van der Waals surface area contributed by atoms with E-state index < -0.39 is 0 Å². The second kappa shape index (κ2) is 5.80. The molecular formula is C17H20FN3. The molecule has 2 aromatic rings. The Hall–Kier alpha value is -1.97. The largest absolute Gasteiger partial charge is 0.368 e. The van der Waals surface area contributed by atoms with Crippen LogP contribution in [0.15, 0.2) is 24.3 Å². The van der Waals surface area contributed by atoms with Gasteiger partial charge in [-0.15, -0.1) is 0 Å². The first-order chi connectivity index (χ1) is 10.2. The number of anilines is 1. The Morgan fingerprint density at radius 2 is 1.86 bits per heavy atom. The third kappa shape index (κ3) is 2.75. The normalized spacial score (nSPS) is 14.2. The molecule has 0 atom stereocenters. The van der Waals surface area contributed by atoms with Gasteiger partial charge in [-0.25, -0.2) is 14.4 Å². The molecule has 1 aliphatic carbocycles. The molecule has 0 saturated heterocycles. The molecule has 0 aliphatic heterocycles. The molecule has 4 heteroatoms. The molecule has 3 rings (SSSR count). The van der Waals surface area contributed by atoms with E-state index in [1.165, 1.54) is 11.1 Å². The summed E-state index contributed by atoms with van der Waals surface area (Å²) in [7, 11) is 0. The van der Waals surface area contributed by atoms with Crippen LogP contribution in [0.25, 0.3) is 0 Å². The maximum absolute atomic E-state index is 14.1. The van der Waals surface area contributed by atoms with Crippen molar-refractivity contribution in [2.24, 2.45) is 0 Å². The lowest BCUT2D eigenvalue weighted by Crippen LogP contribution is -2.12. The maximum Gasteiger partial charge on any atom is 0.186 e. The van der Waals surface area contributed by atoms with Gasteiger partial charge in [0.15, 0.2) is 11.6 Å². The second-order valence-corrected chi connectivity index (χ2v) is 5.63. The van der Waals surface area contributed by atoms with Gasteiger partial charge in [0.2, 0.25) is 0 Å². The number of halogens is 1. The first kappa shape index (κ1) is 14.0. The van der Waals surface area contributed by atoms with Crippen molar-refractivity contribution in [3.8, 4) is 0 Å². The summed E-state index contributed by atoms with van der Waals surface area (Å²) >= 11 is 0. The molecule has 110 valence electrons. The van der Waals surface area contributed by atoms with E-state index in [0.29, 0.717) is 11.5 Å². The Bertz CT molecular complexity index is 629. The van der Waals surface area contributed by atoms with E-state index in [-0.39, 0.29) is 11.7 Å². The van der Waals surface area contributed by atoms with Crippen LogP contribution in [0.4, 0.5) is 10.2 Å². The minimum absolute atomic E-state index is 0.254. The fraction of sp³-hybridized carbons (Fsp3) is 0.412. The van der Waals surface area contributed by atoms with Gasteiger partial charge in [-0.2, -0.15) is 0 Å². The third-order valence-electron chi connectivity index (χ3n) is 3.99. The second-order valence-electron chi connectivity index (χ2n) is 5.63. The average Bonchev–Trinajstić information content (AvgIpc) is 2.92.